The third-order valence-electron chi connectivity index (χ3n) is 4.37. The monoisotopic (exact) mass is 441 g/mol. The summed E-state index contributed by atoms with van der Waals surface area (Å²) in [7, 11) is 1.53. The number of amides is 1. The molecule has 0 fully saturated rings. The number of carbonyl (C=O) groups excluding carboxylic acids is 1. The van der Waals surface area contributed by atoms with Crippen LogP contribution in [0.4, 0.5) is 10.8 Å². The molecule has 152 valence electrons. The number of benzene rings is 1. The quantitative estimate of drug-likeness (QED) is 0.302. The Balaban J connectivity index is 1.73. The minimum atomic E-state index is -0.368. The Morgan fingerprint density at radius 2 is 2.00 bits per heavy atom. The van der Waals surface area contributed by atoms with Crippen molar-refractivity contribution in [3.8, 4) is 16.9 Å². The van der Waals surface area contributed by atoms with Crippen molar-refractivity contribution in [2.45, 2.75) is 6.92 Å². The number of halogens is 1. The number of methoxy groups -OCH3 is 1. The molecular formula is C20H16ClN5O3S. The Kier molecular flexibility index (Phi) is 5.49. The number of carbonyl (C=O) groups is 1. The first-order chi connectivity index (χ1) is 14.5. The lowest BCUT2D eigenvalue weighted by molar-refractivity contribution is 0.102. The van der Waals surface area contributed by atoms with Crippen molar-refractivity contribution in [2.75, 3.05) is 17.9 Å². The van der Waals surface area contributed by atoms with Crippen LogP contribution in [-0.4, -0.2) is 33.2 Å². The van der Waals surface area contributed by atoms with Crippen LogP contribution < -0.4 is 15.5 Å². The highest BCUT2D eigenvalue weighted by molar-refractivity contribution is 7.22. The number of hydrogen-bond donors (Lipinski definition) is 3. The van der Waals surface area contributed by atoms with Gasteiger partial charge in [-0.05, 0) is 37.3 Å². The van der Waals surface area contributed by atoms with Gasteiger partial charge in [-0.15, -0.1) is 0 Å². The lowest BCUT2D eigenvalue weighted by Crippen LogP contribution is -2.14. The number of thiazole rings is 1. The van der Waals surface area contributed by atoms with Crippen LogP contribution in [0.2, 0.25) is 5.15 Å². The maximum atomic E-state index is 13.1. The first-order valence-electron chi connectivity index (χ1n) is 8.77. The van der Waals surface area contributed by atoms with Gasteiger partial charge in [-0.1, -0.05) is 22.9 Å². The van der Waals surface area contributed by atoms with Crippen LogP contribution in [0.5, 0.6) is 5.75 Å². The maximum Gasteiger partial charge on any atom is 0.259 e. The van der Waals surface area contributed by atoms with Crippen molar-refractivity contribution >= 4 is 49.9 Å². The molecule has 0 bridgehead atoms. The van der Waals surface area contributed by atoms with Gasteiger partial charge in [0.1, 0.15) is 10.9 Å². The zero-order valence-corrected chi connectivity index (χ0v) is 17.5. The molecule has 0 unspecified atom stereocenters. The molecule has 0 radical (unpaired) electrons. The SMILES string of the molecule is COc1cnc(Cl)cc1-c1cc(C)ncc1C(=O)Nc1nc2ccc(NO)cc2s1. The van der Waals surface area contributed by atoms with Crippen LogP contribution in [0.15, 0.2) is 42.7 Å². The van der Waals surface area contributed by atoms with Crippen LogP contribution in [0.25, 0.3) is 21.3 Å². The molecule has 3 N–H and O–H groups in total. The van der Waals surface area contributed by atoms with Crippen LogP contribution in [-0.2, 0) is 0 Å². The van der Waals surface area contributed by atoms with Crippen LogP contribution >= 0.6 is 22.9 Å². The normalized spacial score (nSPS) is 10.8. The fourth-order valence-electron chi connectivity index (χ4n) is 2.97. The highest BCUT2D eigenvalue weighted by Gasteiger charge is 2.19. The highest BCUT2D eigenvalue weighted by Crippen LogP contribution is 2.34. The van der Waals surface area contributed by atoms with Crippen LogP contribution in [0.1, 0.15) is 16.1 Å². The van der Waals surface area contributed by atoms with E-state index >= 15 is 0 Å². The van der Waals surface area contributed by atoms with E-state index < -0.39 is 0 Å². The summed E-state index contributed by atoms with van der Waals surface area (Å²) in [4.78, 5) is 25.8. The highest BCUT2D eigenvalue weighted by atomic mass is 35.5. The lowest BCUT2D eigenvalue weighted by atomic mass is 10.0. The molecule has 4 aromatic rings. The molecule has 0 saturated heterocycles. The molecule has 0 spiro atoms. The van der Waals surface area contributed by atoms with Gasteiger partial charge in [0.2, 0.25) is 0 Å². The number of fused-ring (bicyclic) bond motifs is 1. The zero-order valence-electron chi connectivity index (χ0n) is 15.9. The number of aryl methyl sites for hydroxylation is 1. The second kappa shape index (κ2) is 8.23. The molecule has 8 nitrogen and oxygen atoms in total. The first-order valence-corrected chi connectivity index (χ1v) is 9.96. The Morgan fingerprint density at radius 1 is 1.17 bits per heavy atom. The number of hydrogen-bond acceptors (Lipinski definition) is 8. The van der Waals surface area contributed by atoms with Gasteiger partial charge in [-0.3, -0.25) is 25.8 Å². The van der Waals surface area contributed by atoms with Gasteiger partial charge in [-0.25, -0.2) is 9.97 Å². The molecule has 1 aromatic carbocycles. The largest absolute Gasteiger partial charge is 0.494 e. The van der Waals surface area contributed by atoms with E-state index in [2.05, 4.69) is 25.7 Å². The van der Waals surface area contributed by atoms with Crippen molar-refractivity contribution < 1.29 is 14.7 Å². The molecule has 1 amide bonds. The summed E-state index contributed by atoms with van der Waals surface area (Å²) >= 11 is 7.38. The molecule has 0 atom stereocenters. The number of rotatable bonds is 5. The second-order valence-corrected chi connectivity index (χ2v) is 7.76. The van der Waals surface area contributed by atoms with Gasteiger partial charge in [0.05, 0.1) is 34.8 Å². The molecule has 3 heterocycles. The molecule has 10 heteroatoms. The summed E-state index contributed by atoms with van der Waals surface area (Å²) in [5.41, 5.74) is 5.68. The van der Waals surface area contributed by atoms with E-state index in [-0.39, 0.29) is 11.1 Å². The van der Waals surface area contributed by atoms with Gasteiger partial charge >= 0.3 is 0 Å². The minimum absolute atomic E-state index is 0.283. The molecule has 3 aromatic heterocycles. The first kappa shape index (κ1) is 20.0. The predicted molar refractivity (Wildman–Crippen MR) is 117 cm³/mol. The number of nitrogens with one attached hydrogen (secondary N) is 2. The van der Waals surface area contributed by atoms with Crippen molar-refractivity contribution in [3.05, 3.63) is 59.1 Å². The number of nitrogens with zero attached hydrogens (tertiary/aromatic N) is 3. The van der Waals surface area contributed by atoms with E-state index in [0.29, 0.717) is 38.8 Å². The molecule has 0 aliphatic rings. The molecule has 0 saturated carbocycles. The Morgan fingerprint density at radius 3 is 2.77 bits per heavy atom. The topological polar surface area (TPSA) is 109 Å². The third kappa shape index (κ3) is 3.90. The number of aromatic nitrogens is 3. The average molecular weight is 442 g/mol. The fraction of sp³-hybridized carbons (Fsp3) is 0.100. The molecule has 4 rings (SSSR count). The van der Waals surface area contributed by atoms with Crippen LogP contribution in [0.3, 0.4) is 0 Å². The fourth-order valence-corrected chi connectivity index (χ4v) is 4.02. The van der Waals surface area contributed by atoms with Gasteiger partial charge in [0, 0.05) is 23.0 Å². The van der Waals surface area contributed by atoms with E-state index in [4.69, 9.17) is 21.5 Å². The van der Waals surface area contributed by atoms with Gasteiger partial charge in [-0.2, -0.15) is 0 Å². The smallest absolute Gasteiger partial charge is 0.259 e. The van der Waals surface area contributed by atoms with Crippen molar-refractivity contribution in [1.82, 2.24) is 15.0 Å². The van der Waals surface area contributed by atoms with E-state index in [1.54, 1.807) is 30.3 Å². The Bertz CT molecular complexity index is 1260. The summed E-state index contributed by atoms with van der Waals surface area (Å²) in [6.45, 7) is 1.83. The summed E-state index contributed by atoms with van der Waals surface area (Å²) in [6.07, 6.45) is 3.02. The predicted octanol–water partition coefficient (Wildman–Crippen LogP) is 4.78. The van der Waals surface area contributed by atoms with Gasteiger partial charge in [0.25, 0.3) is 5.91 Å². The molecular weight excluding hydrogens is 426 g/mol. The van der Waals surface area contributed by atoms with E-state index in [0.717, 1.165) is 10.4 Å². The van der Waals surface area contributed by atoms with E-state index in [1.165, 1.54) is 30.8 Å². The zero-order chi connectivity index (χ0) is 21.3. The second-order valence-electron chi connectivity index (χ2n) is 6.35. The van der Waals surface area contributed by atoms with E-state index in [1.807, 2.05) is 6.92 Å². The molecule has 0 aliphatic carbocycles. The van der Waals surface area contributed by atoms with Gasteiger partial charge < -0.3 is 4.74 Å². The summed E-state index contributed by atoms with van der Waals surface area (Å²) in [5.74, 6) is 0.120. The number of anilines is 2. The average Bonchev–Trinajstić information content (AvgIpc) is 3.14. The summed E-state index contributed by atoms with van der Waals surface area (Å²) < 4.78 is 6.21. The Labute approximate surface area is 180 Å². The molecule has 30 heavy (non-hydrogen) atoms. The van der Waals surface area contributed by atoms with Crippen LogP contribution in [0, 0.1) is 6.92 Å². The summed E-state index contributed by atoms with van der Waals surface area (Å²) in [5, 5.41) is 12.6. The van der Waals surface area contributed by atoms with Crippen molar-refractivity contribution in [1.29, 1.82) is 0 Å². The standard InChI is InChI=1S/C20H16ClN5O3S/c1-10-5-12(13-7-18(21)23-9-16(13)29-2)14(8-22-10)19(27)25-20-24-15-4-3-11(26-28)6-17(15)30-20/h3-9,26,28H,1-2H3,(H,24,25,27). The summed E-state index contributed by atoms with van der Waals surface area (Å²) in [6, 6.07) is 8.62. The van der Waals surface area contributed by atoms with E-state index in [9.17, 15) is 4.79 Å². The molecule has 0 aliphatic heterocycles. The minimum Gasteiger partial charge on any atom is -0.494 e. The number of pyridine rings is 2. The third-order valence-corrected chi connectivity index (χ3v) is 5.51. The number of ether oxygens (including phenoxy) is 1. The van der Waals surface area contributed by atoms with Gasteiger partial charge in [0.15, 0.2) is 5.13 Å². The maximum absolute atomic E-state index is 13.1. The van der Waals surface area contributed by atoms with Crippen molar-refractivity contribution in [2.24, 2.45) is 0 Å². The lowest BCUT2D eigenvalue weighted by Gasteiger charge is -2.13. The Hall–Kier alpha value is -3.27. The van der Waals surface area contributed by atoms with Crippen molar-refractivity contribution in [3.63, 3.8) is 0 Å².